The van der Waals surface area contributed by atoms with Crippen LogP contribution in [-0.4, -0.2) is 12.1 Å². The molecule has 0 spiro atoms. The molecule has 3 aromatic carbocycles. The highest BCUT2D eigenvalue weighted by Crippen LogP contribution is 2.22. The average molecular weight is 424 g/mol. The molecule has 0 saturated carbocycles. The molecule has 5 nitrogen and oxygen atoms in total. The smallest absolute Gasteiger partial charge is 0.271 e. The highest BCUT2D eigenvalue weighted by atomic mass is 79.9. The van der Waals surface area contributed by atoms with Gasteiger partial charge >= 0.3 is 0 Å². The van der Waals surface area contributed by atoms with Gasteiger partial charge in [-0.1, -0.05) is 46.3 Å². The molecule has 0 radical (unpaired) electrons. The van der Waals surface area contributed by atoms with Crippen LogP contribution in [0.4, 0.5) is 5.69 Å². The summed E-state index contributed by atoms with van der Waals surface area (Å²) in [5, 5.41) is 4.04. The van der Waals surface area contributed by atoms with Gasteiger partial charge in [0.1, 0.15) is 12.4 Å². The van der Waals surface area contributed by atoms with E-state index in [1.807, 2.05) is 48.5 Å². The molecule has 0 heterocycles. The summed E-state index contributed by atoms with van der Waals surface area (Å²) in [4.78, 5) is 12.1. The van der Waals surface area contributed by atoms with Gasteiger partial charge in [-0.25, -0.2) is 5.43 Å². The Bertz CT molecular complexity index is 941. The lowest BCUT2D eigenvalue weighted by atomic mass is 10.2. The minimum Gasteiger partial charge on any atom is -0.488 e. The van der Waals surface area contributed by atoms with Crippen molar-refractivity contribution >= 4 is 33.7 Å². The number of hydrogen-bond donors (Lipinski definition) is 2. The fourth-order valence-electron chi connectivity index (χ4n) is 2.35. The van der Waals surface area contributed by atoms with E-state index in [2.05, 4.69) is 26.5 Å². The van der Waals surface area contributed by atoms with Crippen LogP contribution in [0.25, 0.3) is 0 Å². The lowest BCUT2D eigenvalue weighted by Crippen LogP contribution is -2.17. The second kappa shape index (κ2) is 9.00. The number of benzene rings is 3. The highest BCUT2D eigenvalue weighted by Gasteiger charge is 2.06. The van der Waals surface area contributed by atoms with Crippen molar-refractivity contribution in [3.05, 3.63) is 94.0 Å². The molecule has 0 saturated heterocycles. The van der Waals surface area contributed by atoms with Crippen LogP contribution >= 0.6 is 15.9 Å². The lowest BCUT2D eigenvalue weighted by Gasteiger charge is -2.09. The highest BCUT2D eigenvalue weighted by molar-refractivity contribution is 9.10. The Hall–Kier alpha value is -3.12. The van der Waals surface area contributed by atoms with Gasteiger partial charge in [0.05, 0.1) is 6.21 Å². The first-order valence-electron chi connectivity index (χ1n) is 8.27. The summed E-state index contributed by atoms with van der Waals surface area (Å²) in [7, 11) is 0. The summed E-state index contributed by atoms with van der Waals surface area (Å²) < 4.78 is 6.78. The van der Waals surface area contributed by atoms with Crippen molar-refractivity contribution in [1.82, 2.24) is 5.43 Å². The summed E-state index contributed by atoms with van der Waals surface area (Å²) in [6.07, 6.45) is 1.56. The van der Waals surface area contributed by atoms with Crippen LogP contribution in [0, 0.1) is 0 Å². The number of carbonyl (C=O) groups is 1. The monoisotopic (exact) mass is 423 g/mol. The van der Waals surface area contributed by atoms with Crippen molar-refractivity contribution < 1.29 is 9.53 Å². The number of nitrogen functional groups attached to an aromatic ring is 1. The van der Waals surface area contributed by atoms with Crippen LogP contribution in [0.5, 0.6) is 5.75 Å². The van der Waals surface area contributed by atoms with Gasteiger partial charge in [-0.15, -0.1) is 0 Å². The molecule has 3 N–H and O–H groups in total. The predicted octanol–water partition coefficient (Wildman–Crippen LogP) is 4.37. The molecule has 27 heavy (non-hydrogen) atoms. The van der Waals surface area contributed by atoms with E-state index >= 15 is 0 Å². The maximum Gasteiger partial charge on any atom is 0.271 e. The van der Waals surface area contributed by atoms with Crippen LogP contribution in [0.1, 0.15) is 21.5 Å². The number of halogens is 1. The minimum absolute atomic E-state index is 0.312. The topological polar surface area (TPSA) is 76.7 Å². The Kier molecular flexibility index (Phi) is 6.22. The molecule has 0 atom stereocenters. The number of nitrogens with one attached hydrogen (secondary N) is 1. The summed E-state index contributed by atoms with van der Waals surface area (Å²) in [6, 6.07) is 22.2. The van der Waals surface area contributed by atoms with Gasteiger partial charge in [-0.05, 0) is 48.0 Å². The van der Waals surface area contributed by atoms with E-state index in [1.54, 1.807) is 30.5 Å². The Morgan fingerprint density at radius 2 is 1.81 bits per heavy atom. The molecule has 0 aliphatic heterocycles. The molecule has 1 amide bonds. The second-order valence-corrected chi connectivity index (χ2v) is 6.69. The molecule has 136 valence electrons. The van der Waals surface area contributed by atoms with Crippen molar-refractivity contribution in [2.75, 3.05) is 5.73 Å². The molecular weight excluding hydrogens is 406 g/mol. The maximum absolute atomic E-state index is 12.1. The second-order valence-electron chi connectivity index (χ2n) is 5.78. The normalized spacial score (nSPS) is 10.7. The third kappa shape index (κ3) is 5.43. The average Bonchev–Trinajstić information content (AvgIpc) is 2.68. The molecule has 3 aromatic rings. The molecule has 0 bridgehead atoms. The molecule has 6 heteroatoms. The van der Waals surface area contributed by atoms with Crippen molar-refractivity contribution in [2.45, 2.75) is 6.61 Å². The molecular formula is C21H18BrN3O2. The molecule has 0 aromatic heterocycles. The number of hydrazone groups is 1. The fraction of sp³-hybridized carbons (Fsp3) is 0.0476. The van der Waals surface area contributed by atoms with Crippen molar-refractivity contribution in [1.29, 1.82) is 0 Å². The fourth-order valence-corrected chi connectivity index (χ4v) is 2.73. The summed E-state index contributed by atoms with van der Waals surface area (Å²) in [5.41, 5.74) is 11.0. The van der Waals surface area contributed by atoms with Gasteiger partial charge in [-0.3, -0.25) is 4.79 Å². The van der Waals surface area contributed by atoms with Gasteiger partial charge in [0.2, 0.25) is 0 Å². The van der Waals surface area contributed by atoms with E-state index < -0.39 is 0 Å². The van der Waals surface area contributed by atoms with Gasteiger partial charge in [-0.2, -0.15) is 5.10 Å². The lowest BCUT2D eigenvalue weighted by molar-refractivity contribution is 0.0955. The van der Waals surface area contributed by atoms with Crippen LogP contribution in [0.15, 0.2) is 82.4 Å². The van der Waals surface area contributed by atoms with Crippen LogP contribution in [-0.2, 0) is 6.61 Å². The maximum atomic E-state index is 12.1. The molecule has 0 fully saturated rings. The van der Waals surface area contributed by atoms with E-state index in [0.717, 1.165) is 15.6 Å². The molecule has 3 rings (SSSR count). The first-order chi connectivity index (χ1) is 13.1. The van der Waals surface area contributed by atoms with Crippen LogP contribution in [0.2, 0.25) is 0 Å². The zero-order valence-corrected chi connectivity index (χ0v) is 16.0. The Balaban J connectivity index is 1.68. The van der Waals surface area contributed by atoms with Gasteiger partial charge in [0.25, 0.3) is 5.91 Å². The number of rotatable bonds is 6. The third-order valence-electron chi connectivity index (χ3n) is 3.75. The Morgan fingerprint density at radius 3 is 2.56 bits per heavy atom. The standard InChI is InChI=1S/C21H18BrN3O2/c22-18-8-11-20(27-14-15-4-2-1-3-5-15)17(12-18)13-24-25-21(26)16-6-9-19(23)10-7-16/h1-13H,14,23H2,(H,25,26)/b24-13-. The van der Waals surface area contributed by atoms with Crippen LogP contribution < -0.4 is 15.9 Å². The summed E-state index contributed by atoms with van der Waals surface area (Å²) in [6.45, 7) is 0.446. The van der Waals surface area contributed by atoms with Gasteiger partial charge in [0, 0.05) is 21.3 Å². The van der Waals surface area contributed by atoms with Crippen molar-refractivity contribution in [3.63, 3.8) is 0 Å². The first kappa shape index (κ1) is 18.7. The van der Waals surface area contributed by atoms with E-state index in [0.29, 0.717) is 23.6 Å². The number of hydrogen-bond acceptors (Lipinski definition) is 4. The number of nitrogens with two attached hydrogens (primary N) is 1. The molecule has 0 unspecified atom stereocenters. The van der Waals surface area contributed by atoms with Gasteiger partial charge < -0.3 is 10.5 Å². The number of ether oxygens (including phenoxy) is 1. The predicted molar refractivity (Wildman–Crippen MR) is 111 cm³/mol. The first-order valence-corrected chi connectivity index (χ1v) is 9.06. The SMILES string of the molecule is Nc1ccc(C(=O)N/N=C\c2cc(Br)ccc2OCc2ccccc2)cc1. The summed E-state index contributed by atoms with van der Waals surface area (Å²) >= 11 is 3.44. The number of amides is 1. The van der Waals surface area contributed by atoms with Crippen molar-refractivity contribution in [2.24, 2.45) is 5.10 Å². The molecule has 0 aliphatic rings. The third-order valence-corrected chi connectivity index (χ3v) is 4.24. The minimum atomic E-state index is -0.312. The Morgan fingerprint density at radius 1 is 1.07 bits per heavy atom. The van der Waals surface area contributed by atoms with Crippen LogP contribution in [0.3, 0.4) is 0 Å². The zero-order chi connectivity index (χ0) is 19.1. The summed E-state index contributed by atoms with van der Waals surface area (Å²) in [5.74, 6) is 0.362. The quantitative estimate of drug-likeness (QED) is 0.351. The number of anilines is 1. The van der Waals surface area contributed by atoms with E-state index in [4.69, 9.17) is 10.5 Å². The van der Waals surface area contributed by atoms with E-state index in [-0.39, 0.29) is 5.91 Å². The largest absolute Gasteiger partial charge is 0.488 e. The zero-order valence-electron chi connectivity index (χ0n) is 14.4. The number of nitrogens with zero attached hydrogens (tertiary/aromatic N) is 1. The molecule has 0 aliphatic carbocycles. The Labute approximate surface area is 166 Å². The van der Waals surface area contributed by atoms with E-state index in [1.165, 1.54) is 0 Å². The number of carbonyl (C=O) groups excluding carboxylic acids is 1. The van der Waals surface area contributed by atoms with Crippen molar-refractivity contribution in [3.8, 4) is 5.75 Å². The van der Waals surface area contributed by atoms with Gasteiger partial charge in [0.15, 0.2) is 0 Å². The van der Waals surface area contributed by atoms with E-state index in [9.17, 15) is 4.79 Å².